The van der Waals surface area contributed by atoms with Crippen LogP contribution in [0.15, 0.2) is 12.1 Å². The van der Waals surface area contributed by atoms with Gasteiger partial charge in [0, 0.05) is 0 Å². The molecule has 0 aliphatic rings. The lowest BCUT2D eigenvalue weighted by Crippen LogP contribution is -2.13. The average molecular weight is 236 g/mol. The molecule has 1 atom stereocenters. The standard InChI is InChI=1S/C14H20O3/c1-5-6-9(2)17-13-8-7-12(14(15)16)10(3)11(13)4/h7-9H,5-6H2,1-4H3,(H,15,16)/t9-/m1/s1. The van der Waals surface area contributed by atoms with Crippen LogP contribution in [0.25, 0.3) is 0 Å². The van der Waals surface area contributed by atoms with E-state index in [1.807, 2.05) is 20.8 Å². The van der Waals surface area contributed by atoms with Gasteiger partial charge in [0.05, 0.1) is 11.7 Å². The van der Waals surface area contributed by atoms with Gasteiger partial charge in [-0.1, -0.05) is 13.3 Å². The summed E-state index contributed by atoms with van der Waals surface area (Å²) in [5.41, 5.74) is 2.03. The van der Waals surface area contributed by atoms with Crippen molar-refractivity contribution >= 4 is 5.97 Å². The molecule has 0 saturated carbocycles. The zero-order chi connectivity index (χ0) is 13.0. The fourth-order valence-corrected chi connectivity index (χ4v) is 1.84. The lowest BCUT2D eigenvalue weighted by molar-refractivity contribution is 0.0696. The average Bonchev–Trinajstić information content (AvgIpc) is 2.25. The monoisotopic (exact) mass is 236 g/mol. The minimum absolute atomic E-state index is 0.161. The Morgan fingerprint density at radius 2 is 2.00 bits per heavy atom. The minimum atomic E-state index is -0.890. The van der Waals surface area contributed by atoms with Gasteiger partial charge < -0.3 is 9.84 Å². The maximum atomic E-state index is 11.0. The summed E-state index contributed by atoms with van der Waals surface area (Å²) in [5, 5.41) is 9.01. The molecule has 0 radical (unpaired) electrons. The summed E-state index contributed by atoms with van der Waals surface area (Å²) < 4.78 is 5.81. The van der Waals surface area contributed by atoms with Gasteiger partial charge in [-0.05, 0) is 50.5 Å². The lowest BCUT2D eigenvalue weighted by Gasteiger charge is -2.17. The predicted molar refractivity (Wildman–Crippen MR) is 67.9 cm³/mol. The molecule has 3 heteroatoms. The van der Waals surface area contributed by atoms with Crippen molar-refractivity contribution in [1.82, 2.24) is 0 Å². The number of ether oxygens (including phenoxy) is 1. The molecule has 17 heavy (non-hydrogen) atoms. The number of rotatable bonds is 5. The van der Waals surface area contributed by atoms with Crippen molar-refractivity contribution in [3.63, 3.8) is 0 Å². The van der Waals surface area contributed by atoms with Gasteiger partial charge in [-0.15, -0.1) is 0 Å². The van der Waals surface area contributed by atoms with Crippen molar-refractivity contribution in [3.05, 3.63) is 28.8 Å². The van der Waals surface area contributed by atoms with Crippen LogP contribution in [-0.2, 0) is 0 Å². The van der Waals surface area contributed by atoms with E-state index in [9.17, 15) is 4.79 Å². The van der Waals surface area contributed by atoms with E-state index in [0.717, 1.165) is 29.7 Å². The van der Waals surface area contributed by atoms with Crippen molar-refractivity contribution < 1.29 is 14.6 Å². The van der Waals surface area contributed by atoms with Crippen molar-refractivity contribution in [3.8, 4) is 5.75 Å². The second-order valence-electron chi connectivity index (χ2n) is 4.38. The summed E-state index contributed by atoms with van der Waals surface area (Å²) in [6, 6.07) is 3.36. The number of benzene rings is 1. The number of aromatic carboxylic acids is 1. The Labute approximate surface area is 102 Å². The number of carbonyl (C=O) groups is 1. The Kier molecular flexibility index (Phi) is 4.55. The van der Waals surface area contributed by atoms with Crippen LogP contribution in [-0.4, -0.2) is 17.2 Å². The predicted octanol–water partition coefficient (Wildman–Crippen LogP) is 3.57. The molecule has 1 N–H and O–H groups in total. The second kappa shape index (κ2) is 5.71. The molecule has 1 aromatic carbocycles. The van der Waals surface area contributed by atoms with Gasteiger partial charge >= 0.3 is 5.97 Å². The van der Waals surface area contributed by atoms with Gasteiger partial charge in [0.2, 0.25) is 0 Å². The first-order valence-corrected chi connectivity index (χ1v) is 5.97. The highest BCUT2D eigenvalue weighted by atomic mass is 16.5. The molecule has 0 spiro atoms. The molecule has 0 bridgehead atoms. The molecule has 1 rings (SSSR count). The third-order valence-corrected chi connectivity index (χ3v) is 2.99. The molecule has 0 fully saturated rings. The van der Waals surface area contributed by atoms with Crippen LogP contribution < -0.4 is 4.74 Å². The van der Waals surface area contributed by atoms with E-state index in [0.29, 0.717) is 5.56 Å². The van der Waals surface area contributed by atoms with Crippen LogP contribution in [0.4, 0.5) is 0 Å². The number of hydrogen-bond donors (Lipinski definition) is 1. The zero-order valence-electron chi connectivity index (χ0n) is 10.9. The Bertz CT molecular complexity index is 410. The fourth-order valence-electron chi connectivity index (χ4n) is 1.84. The van der Waals surface area contributed by atoms with E-state index in [-0.39, 0.29) is 6.10 Å². The first-order chi connectivity index (χ1) is 7.97. The smallest absolute Gasteiger partial charge is 0.335 e. The lowest BCUT2D eigenvalue weighted by atomic mass is 10.0. The van der Waals surface area contributed by atoms with Crippen LogP contribution in [0.1, 0.15) is 48.2 Å². The minimum Gasteiger partial charge on any atom is -0.490 e. The largest absolute Gasteiger partial charge is 0.490 e. The zero-order valence-corrected chi connectivity index (χ0v) is 10.9. The van der Waals surface area contributed by atoms with E-state index in [1.54, 1.807) is 12.1 Å². The van der Waals surface area contributed by atoms with E-state index in [4.69, 9.17) is 9.84 Å². The van der Waals surface area contributed by atoms with Crippen LogP contribution in [0.5, 0.6) is 5.75 Å². The van der Waals surface area contributed by atoms with Crippen molar-refractivity contribution in [1.29, 1.82) is 0 Å². The maximum Gasteiger partial charge on any atom is 0.335 e. The highest BCUT2D eigenvalue weighted by molar-refractivity contribution is 5.90. The first-order valence-electron chi connectivity index (χ1n) is 5.97. The number of hydrogen-bond acceptors (Lipinski definition) is 2. The highest BCUT2D eigenvalue weighted by Gasteiger charge is 2.13. The van der Waals surface area contributed by atoms with Gasteiger partial charge in [-0.25, -0.2) is 4.79 Å². The molecule has 94 valence electrons. The van der Waals surface area contributed by atoms with E-state index in [1.165, 1.54) is 0 Å². The summed E-state index contributed by atoms with van der Waals surface area (Å²) in [6.45, 7) is 7.86. The molecule has 0 aliphatic heterocycles. The van der Waals surface area contributed by atoms with Gasteiger partial charge in [-0.2, -0.15) is 0 Å². The number of carboxylic acids is 1. The quantitative estimate of drug-likeness (QED) is 0.850. The second-order valence-corrected chi connectivity index (χ2v) is 4.38. The van der Waals surface area contributed by atoms with Crippen LogP contribution in [0.2, 0.25) is 0 Å². The molecule has 0 heterocycles. The van der Waals surface area contributed by atoms with Crippen LogP contribution in [0, 0.1) is 13.8 Å². The van der Waals surface area contributed by atoms with Crippen molar-refractivity contribution in [2.75, 3.05) is 0 Å². The first kappa shape index (κ1) is 13.6. The van der Waals surface area contributed by atoms with Crippen molar-refractivity contribution in [2.24, 2.45) is 0 Å². The Morgan fingerprint density at radius 3 is 2.53 bits per heavy atom. The molecule has 3 nitrogen and oxygen atoms in total. The highest BCUT2D eigenvalue weighted by Crippen LogP contribution is 2.25. The van der Waals surface area contributed by atoms with Gasteiger partial charge in [0.15, 0.2) is 0 Å². The Balaban J connectivity index is 2.96. The van der Waals surface area contributed by atoms with Gasteiger partial charge in [-0.3, -0.25) is 0 Å². The molecule has 0 unspecified atom stereocenters. The van der Waals surface area contributed by atoms with Crippen LogP contribution >= 0.6 is 0 Å². The summed E-state index contributed by atoms with van der Waals surface area (Å²) in [5.74, 6) is -0.104. The number of carboxylic acid groups (broad SMARTS) is 1. The maximum absolute atomic E-state index is 11.0. The normalized spacial score (nSPS) is 12.2. The summed E-state index contributed by atoms with van der Waals surface area (Å²) >= 11 is 0. The molecule has 0 aromatic heterocycles. The third kappa shape index (κ3) is 3.22. The topological polar surface area (TPSA) is 46.5 Å². The summed E-state index contributed by atoms with van der Waals surface area (Å²) in [6.07, 6.45) is 2.24. The van der Waals surface area contributed by atoms with E-state index in [2.05, 4.69) is 6.92 Å². The van der Waals surface area contributed by atoms with Crippen LogP contribution in [0.3, 0.4) is 0 Å². The molecular formula is C14H20O3. The Morgan fingerprint density at radius 1 is 1.35 bits per heavy atom. The SMILES string of the molecule is CCC[C@@H](C)Oc1ccc(C(=O)O)c(C)c1C. The Hall–Kier alpha value is -1.51. The molecule has 0 aliphatic carbocycles. The summed E-state index contributed by atoms with van der Waals surface area (Å²) in [7, 11) is 0. The molecule has 0 saturated heterocycles. The third-order valence-electron chi connectivity index (χ3n) is 2.99. The molecule has 0 amide bonds. The van der Waals surface area contributed by atoms with E-state index >= 15 is 0 Å². The van der Waals surface area contributed by atoms with Gasteiger partial charge in [0.1, 0.15) is 5.75 Å². The van der Waals surface area contributed by atoms with E-state index < -0.39 is 5.97 Å². The summed E-state index contributed by atoms with van der Waals surface area (Å²) in [4.78, 5) is 11.0. The van der Waals surface area contributed by atoms with Gasteiger partial charge in [0.25, 0.3) is 0 Å². The van der Waals surface area contributed by atoms with Crippen molar-refractivity contribution in [2.45, 2.75) is 46.6 Å². The fraction of sp³-hybridized carbons (Fsp3) is 0.500. The molecular weight excluding hydrogens is 216 g/mol. The molecule has 1 aromatic rings.